The Bertz CT molecular complexity index is 552. The van der Waals surface area contributed by atoms with Gasteiger partial charge >= 0.3 is 0 Å². The number of rotatable bonds is 5. The number of carbonyl (C=O) groups is 1. The van der Waals surface area contributed by atoms with E-state index in [2.05, 4.69) is 17.2 Å². The molecule has 104 valence electrons. The summed E-state index contributed by atoms with van der Waals surface area (Å²) in [6, 6.07) is 5.84. The Balaban J connectivity index is 2.54. The summed E-state index contributed by atoms with van der Waals surface area (Å²) in [6.45, 7) is 3.97. The molecular weight excluding hydrogens is 278 g/mol. The number of non-ortho nitro benzene ring substituents is 1. The number of nitro benzene ring substituents is 1. The van der Waals surface area contributed by atoms with Crippen LogP contribution in [0.5, 0.6) is 0 Å². The van der Waals surface area contributed by atoms with Crippen LogP contribution in [0.4, 0.5) is 5.69 Å². The minimum Gasteiger partial charge on any atom is -0.359 e. The van der Waals surface area contributed by atoms with E-state index in [4.69, 9.17) is 12.2 Å². The zero-order valence-electron chi connectivity index (χ0n) is 10.5. The molecular formula is C13H13N3O3S. The van der Waals surface area contributed by atoms with Crippen LogP contribution in [0.15, 0.2) is 43.0 Å². The summed E-state index contributed by atoms with van der Waals surface area (Å²) in [4.78, 5) is 21.5. The van der Waals surface area contributed by atoms with Gasteiger partial charge in [-0.1, -0.05) is 6.08 Å². The zero-order chi connectivity index (χ0) is 15.0. The number of nitro groups is 1. The smallest absolute Gasteiger partial charge is 0.269 e. The minimum absolute atomic E-state index is 0.00130. The maximum Gasteiger partial charge on any atom is 0.269 e. The summed E-state index contributed by atoms with van der Waals surface area (Å²) in [5, 5.41) is 15.9. The van der Waals surface area contributed by atoms with Gasteiger partial charge in [-0.15, -0.1) is 6.58 Å². The summed E-state index contributed by atoms with van der Waals surface area (Å²) in [7, 11) is 0. The summed E-state index contributed by atoms with van der Waals surface area (Å²) >= 11 is 4.87. The summed E-state index contributed by atoms with van der Waals surface area (Å²) in [5.74, 6) is -0.384. The quantitative estimate of drug-likeness (QED) is 0.284. The van der Waals surface area contributed by atoms with Crippen LogP contribution in [0.1, 0.15) is 5.56 Å². The van der Waals surface area contributed by atoms with Crippen molar-refractivity contribution < 1.29 is 9.72 Å². The van der Waals surface area contributed by atoms with Crippen molar-refractivity contribution in [2.75, 3.05) is 6.54 Å². The molecule has 2 N–H and O–H groups in total. The van der Waals surface area contributed by atoms with Crippen LogP contribution >= 0.6 is 12.2 Å². The van der Waals surface area contributed by atoms with Crippen LogP contribution in [-0.4, -0.2) is 22.5 Å². The van der Waals surface area contributed by atoms with Crippen molar-refractivity contribution in [3.05, 3.63) is 58.7 Å². The van der Waals surface area contributed by atoms with Gasteiger partial charge in [-0.25, -0.2) is 0 Å². The molecule has 1 amide bonds. The first kappa shape index (κ1) is 15.5. The molecule has 0 aliphatic heterocycles. The highest BCUT2D eigenvalue weighted by atomic mass is 32.1. The molecule has 0 bridgehead atoms. The number of amides is 1. The molecule has 1 rings (SSSR count). The Morgan fingerprint density at radius 2 is 2.05 bits per heavy atom. The average Bonchev–Trinajstić information content (AvgIpc) is 2.43. The fourth-order valence-electron chi connectivity index (χ4n) is 1.24. The van der Waals surface area contributed by atoms with Crippen molar-refractivity contribution in [3.8, 4) is 0 Å². The molecule has 0 heterocycles. The van der Waals surface area contributed by atoms with Gasteiger partial charge in [0.15, 0.2) is 5.11 Å². The normalized spacial score (nSPS) is 10.0. The molecule has 0 saturated heterocycles. The summed E-state index contributed by atoms with van der Waals surface area (Å²) < 4.78 is 0. The van der Waals surface area contributed by atoms with E-state index in [1.54, 1.807) is 18.2 Å². The van der Waals surface area contributed by atoms with Crippen molar-refractivity contribution in [1.29, 1.82) is 0 Å². The Hall–Kier alpha value is -2.54. The first-order chi connectivity index (χ1) is 9.52. The van der Waals surface area contributed by atoms with Crippen LogP contribution in [0.25, 0.3) is 6.08 Å². The van der Waals surface area contributed by atoms with E-state index in [1.165, 1.54) is 24.3 Å². The van der Waals surface area contributed by atoms with E-state index in [9.17, 15) is 14.9 Å². The summed E-state index contributed by atoms with van der Waals surface area (Å²) in [5.41, 5.74) is 0.678. The molecule has 6 nitrogen and oxygen atoms in total. The van der Waals surface area contributed by atoms with E-state index in [0.717, 1.165) is 0 Å². The second-order valence-corrected chi connectivity index (χ2v) is 4.08. The monoisotopic (exact) mass is 291 g/mol. The highest BCUT2D eigenvalue weighted by Crippen LogP contribution is 2.12. The van der Waals surface area contributed by atoms with Crippen LogP contribution in [-0.2, 0) is 4.79 Å². The highest BCUT2D eigenvalue weighted by molar-refractivity contribution is 7.80. The standard InChI is InChI=1S/C13H13N3O3S/c1-2-9-14-13(20)15-12(17)8-5-10-3-6-11(7-4-10)16(18)19/h2-8H,1,9H2,(H2,14,15,17,20)/b8-5+. The predicted molar refractivity (Wildman–Crippen MR) is 81.1 cm³/mol. The van der Waals surface area contributed by atoms with Crippen LogP contribution in [0, 0.1) is 10.1 Å². The SMILES string of the molecule is C=CCNC(=S)NC(=O)/C=C/c1ccc([N+](=O)[O-])cc1. The number of benzene rings is 1. The summed E-state index contributed by atoms with van der Waals surface area (Å²) in [6.07, 6.45) is 4.45. The molecule has 0 unspecified atom stereocenters. The van der Waals surface area contributed by atoms with Gasteiger partial charge in [0.1, 0.15) is 0 Å². The molecule has 0 aliphatic carbocycles. The largest absolute Gasteiger partial charge is 0.359 e. The molecule has 0 aliphatic rings. The molecule has 0 atom stereocenters. The Morgan fingerprint density at radius 1 is 1.40 bits per heavy atom. The van der Waals surface area contributed by atoms with Gasteiger partial charge in [-0.2, -0.15) is 0 Å². The predicted octanol–water partition coefficient (Wildman–Crippen LogP) is 1.78. The minimum atomic E-state index is -0.482. The van der Waals surface area contributed by atoms with Gasteiger partial charge < -0.3 is 5.32 Å². The molecule has 0 saturated carbocycles. The number of nitrogens with one attached hydrogen (secondary N) is 2. The third-order valence-electron chi connectivity index (χ3n) is 2.17. The highest BCUT2D eigenvalue weighted by Gasteiger charge is 2.03. The van der Waals surface area contributed by atoms with E-state index < -0.39 is 4.92 Å². The fourth-order valence-corrected chi connectivity index (χ4v) is 1.43. The molecule has 0 aromatic heterocycles. The lowest BCUT2D eigenvalue weighted by atomic mass is 10.2. The topological polar surface area (TPSA) is 84.3 Å². The van der Waals surface area contributed by atoms with Gasteiger partial charge in [0.25, 0.3) is 5.69 Å². The fraction of sp³-hybridized carbons (Fsp3) is 0.0769. The Kier molecular flexibility index (Phi) is 6.05. The molecule has 0 spiro atoms. The molecule has 1 aromatic carbocycles. The number of hydrogen-bond acceptors (Lipinski definition) is 4. The van der Waals surface area contributed by atoms with E-state index in [-0.39, 0.29) is 16.7 Å². The molecule has 1 aromatic rings. The average molecular weight is 291 g/mol. The van der Waals surface area contributed by atoms with E-state index >= 15 is 0 Å². The Labute approximate surface area is 121 Å². The third kappa shape index (κ3) is 5.40. The number of hydrogen-bond donors (Lipinski definition) is 2. The van der Waals surface area contributed by atoms with E-state index in [1.807, 2.05) is 0 Å². The first-order valence-electron chi connectivity index (χ1n) is 5.65. The second-order valence-electron chi connectivity index (χ2n) is 3.67. The van der Waals surface area contributed by atoms with Crippen LogP contribution in [0.3, 0.4) is 0 Å². The van der Waals surface area contributed by atoms with Gasteiger partial charge in [0, 0.05) is 24.8 Å². The lowest BCUT2D eigenvalue weighted by Crippen LogP contribution is -2.38. The third-order valence-corrected chi connectivity index (χ3v) is 2.42. The zero-order valence-corrected chi connectivity index (χ0v) is 11.4. The van der Waals surface area contributed by atoms with Gasteiger partial charge in [0.2, 0.25) is 5.91 Å². The maximum atomic E-state index is 11.5. The molecule has 7 heteroatoms. The molecule has 20 heavy (non-hydrogen) atoms. The van der Waals surface area contributed by atoms with Crippen LogP contribution in [0.2, 0.25) is 0 Å². The lowest BCUT2D eigenvalue weighted by Gasteiger charge is -2.04. The number of carbonyl (C=O) groups excluding carboxylic acids is 1. The van der Waals surface area contributed by atoms with Crippen molar-refractivity contribution >= 4 is 35.0 Å². The number of nitrogens with zero attached hydrogens (tertiary/aromatic N) is 1. The maximum absolute atomic E-state index is 11.5. The second kappa shape index (κ2) is 7.80. The lowest BCUT2D eigenvalue weighted by molar-refractivity contribution is -0.384. The van der Waals surface area contributed by atoms with Gasteiger partial charge in [-0.05, 0) is 36.0 Å². The van der Waals surface area contributed by atoms with Gasteiger partial charge in [-0.3, -0.25) is 20.2 Å². The van der Waals surface area contributed by atoms with Crippen molar-refractivity contribution in [2.24, 2.45) is 0 Å². The van der Waals surface area contributed by atoms with Crippen molar-refractivity contribution in [1.82, 2.24) is 10.6 Å². The molecule has 0 fully saturated rings. The van der Waals surface area contributed by atoms with Crippen molar-refractivity contribution in [3.63, 3.8) is 0 Å². The van der Waals surface area contributed by atoms with Crippen molar-refractivity contribution in [2.45, 2.75) is 0 Å². The first-order valence-corrected chi connectivity index (χ1v) is 6.06. The van der Waals surface area contributed by atoms with Gasteiger partial charge in [0.05, 0.1) is 4.92 Å². The number of thiocarbonyl (C=S) groups is 1. The van der Waals surface area contributed by atoms with E-state index in [0.29, 0.717) is 12.1 Å². The van der Waals surface area contributed by atoms with Crippen LogP contribution < -0.4 is 10.6 Å². The Morgan fingerprint density at radius 3 is 2.60 bits per heavy atom. The molecule has 0 radical (unpaired) electrons.